The quantitative estimate of drug-likeness (QED) is 0.550. The highest BCUT2D eigenvalue weighted by Gasteiger charge is 2.26. The number of methoxy groups -OCH3 is 1. The smallest absolute Gasteiger partial charge is 0.353 e. The van der Waals surface area contributed by atoms with E-state index in [0.717, 1.165) is 12.8 Å². The summed E-state index contributed by atoms with van der Waals surface area (Å²) in [6, 6.07) is -0.0857. The minimum atomic E-state index is -0.445. The minimum Gasteiger partial charge on any atom is -0.383 e. The molecule has 0 spiro atoms. The van der Waals surface area contributed by atoms with Gasteiger partial charge < -0.3 is 15.0 Å². The third-order valence-corrected chi connectivity index (χ3v) is 2.99. The van der Waals surface area contributed by atoms with Crippen molar-refractivity contribution in [3.8, 4) is 0 Å². The molecule has 1 aromatic heterocycles. The Kier molecular flexibility index (Phi) is 6.80. The first-order valence-corrected chi connectivity index (χ1v) is 6.97. The largest absolute Gasteiger partial charge is 0.383 e. The molecule has 1 N–H and O–H groups in total. The van der Waals surface area contributed by atoms with Crippen LogP contribution < -0.4 is 10.2 Å². The molecule has 118 valence electrons. The number of nitro groups is 1. The van der Waals surface area contributed by atoms with Crippen molar-refractivity contribution in [2.24, 2.45) is 0 Å². The molecular weight excluding hydrogens is 274 g/mol. The maximum absolute atomic E-state index is 11.4. The maximum atomic E-state index is 11.4. The molecule has 0 aliphatic rings. The van der Waals surface area contributed by atoms with E-state index in [-0.39, 0.29) is 17.5 Å². The second kappa shape index (κ2) is 8.35. The van der Waals surface area contributed by atoms with Gasteiger partial charge in [-0.15, -0.1) is 0 Å². The Bertz CT molecular complexity index is 469. The van der Waals surface area contributed by atoms with Crippen molar-refractivity contribution in [3.05, 3.63) is 16.4 Å². The SMILES string of the molecule is CCCCN(C)c1ncnc(NC(C)COC)c1[N+](=O)[O-]. The number of anilines is 2. The summed E-state index contributed by atoms with van der Waals surface area (Å²) in [6.45, 7) is 5.08. The number of aromatic nitrogens is 2. The highest BCUT2D eigenvalue weighted by Crippen LogP contribution is 2.31. The van der Waals surface area contributed by atoms with Gasteiger partial charge in [0.05, 0.1) is 11.5 Å². The van der Waals surface area contributed by atoms with E-state index in [1.54, 1.807) is 19.1 Å². The minimum absolute atomic E-state index is 0.0857. The lowest BCUT2D eigenvalue weighted by molar-refractivity contribution is -0.383. The summed E-state index contributed by atoms with van der Waals surface area (Å²) in [5.74, 6) is 0.550. The molecule has 8 heteroatoms. The van der Waals surface area contributed by atoms with Gasteiger partial charge in [-0.25, -0.2) is 9.97 Å². The highest BCUT2D eigenvalue weighted by atomic mass is 16.6. The molecule has 1 aromatic rings. The highest BCUT2D eigenvalue weighted by molar-refractivity contribution is 5.70. The lowest BCUT2D eigenvalue weighted by Gasteiger charge is -2.19. The predicted molar refractivity (Wildman–Crippen MR) is 81.8 cm³/mol. The third-order valence-electron chi connectivity index (χ3n) is 2.99. The predicted octanol–water partition coefficient (Wildman–Crippen LogP) is 2.07. The van der Waals surface area contributed by atoms with Crippen LogP contribution in [0, 0.1) is 10.1 Å². The molecular formula is C13H23N5O3. The van der Waals surface area contributed by atoms with Crippen molar-refractivity contribution in [1.82, 2.24) is 9.97 Å². The topological polar surface area (TPSA) is 93.4 Å². The van der Waals surface area contributed by atoms with Crippen LogP contribution in [0.15, 0.2) is 6.33 Å². The van der Waals surface area contributed by atoms with E-state index in [2.05, 4.69) is 22.2 Å². The van der Waals surface area contributed by atoms with Gasteiger partial charge in [-0.05, 0) is 13.3 Å². The van der Waals surface area contributed by atoms with Gasteiger partial charge in [-0.3, -0.25) is 10.1 Å². The van der Waals surface area contributed by atoms with E-state index in [9.17, 15) is 10.1 Å². The van der Waals surface area contributed by atoms with Crippen LogP contribution in [0.2, 0.25) is 0 Å². The molecule has 1 rings (SSSR count). The van der Waals surface area contributed by atoms with E-state index in [1.807, 2.05) is 6.92 Å². The molecule has 21 heavy (non-hydrogen) atoms. The van der Waals surface area contributed by atoms with Gasteiger partial charge in [0.1, 0.15) is 6.33 Å². The van der Waals surface area contributed by atoms with Crippen LogP contribution in [0.25, 0.3) is 0 Å². The summed E-state index contributed by atoms with van der Waals surface area (Å²) in [6.07, 6.45) is 3.30. The van der Waals surface area contributed by atoms with Crippen LogP contribution in [-0.2, 0) is 4.74 Å². The molecule has 1 atom stereocenters. The molecule has 0 fully saturated rings. The van der Waals surface area contributed by atoms with E-state index in [0.29, 0.717) is 19.0 Å². The van der Waals surface area contributed by atoms with E-state index < -0.39 is 4.92 Å². The van der Waals surface area contributed by atoms with Crippen molar-refractivity contribution in [2.75, 3.05) is 37.5 Å². The van der Waals surface area contributed by atoms with Crippen molar-refractivity contribution in [1.29, 1.82) is 0 Å². The van der Waals surface area contributed by atoms with Crippen LogP contribution in [0.3, 0.4) is 0 Å². The van der Waals surface area contributed by atoms with Crippen molar-refractivity contribution in [3.63, 3.8) is 0 Å². The Morgan fingerprint density at radius 2 is 2.24 bits per heavy atom. The zero-order valence-corrected chi connectivity index (χ0v) is 13.0. The van der Waals surface area contributed by atoms with Gasteiger partial charge in [-0.1, -0.05) is 13.3 Å². The first-order valence-electron chi connectivity index (χ1n) is 6.97. The molecule has 0 aliphatic heterocycles. The molecule has 0 aromatic carbocycles. The fourth-order valence-corrected chi connectivity index (χ4v) is 1.95. The summed E-state index contributed by atoms with van der Waals surface area (Å²) in [5.41, 5.74) is -0.0981. The summed E-state index contributed by atoms with van der Waals surface area (Å²) >= 11 is 0. The van der Waals surface area contributed by atoms with Gasteiger partial charge in [0.2, 0.25) is 11.6 Å². The molecule has 1 unspecified atom stereocenters. The second-order valence-electron chi connectivity index (χ2n) is 4.93. The number of nitrogens with one attached hydrogen (secondary N) is 1. The monoisotopic (exact) mass is 297 g/mol. The van der Waals surface area contributed by atoms with Crippen LogP contribution in [0.4, 0.5) is 17.3 Å². The molecule has 0 radical (unpaired) electrons. The van der Waals surface area contributed by atoms with Crippen LogP contribution >= 0.6 is 0 Å². The Balaban J connectivity index is 3.06. The molecule has 0 aliphatic carbocycles. The van der Waals surface area contributed by atoms with E-state index in [4.69, 9.17) is 4.74 Å². The molecule has 0 saturated heterocycles. The number of ether oxygens (including phenoxy) is 1. The molecule has 0 saturated carbocycles. The van der Waals surface area contributed by atoms with Crippen molar-refractivity contribution < 1.29 is 9.66 Å². The van der Waals surface area contributed by atoms with Gasteiger partial charge in [0, 0.05) is 26.7 Å². The molecule has 0 amide bonds. The fraction of sp³-hybridized carbons (Fsp3) is 0.692. The molecule has 0 bridgehead atoms. The molecule has 1 heterocycles. The van der Waals surface area contributed by atoms with E-state index >= 15 is 0 Å². The zero-order chi connectivity index (χ0) is 15.8. The first kappa shape index (κ1) is 17.1. The third kappa shape index (κ3) is 4.82. The van der Waals surface area contributed by atoms with Gasteiger partial charge in [0.25, 0.3) is 0 Å². The Labute approximate surface area is 124 Å². The Hall–Kier alpha value is -1.96. The molecule has 8 nitrogen and oxygen atoms in total. The fourth-order valence-electron chi connectivity index (χ4n) is 1.95. The van der Waals surface area contributed by atoms with Crippen molar-refractivity contribution >= 4 is 17.3 Å². The number of unbranched alkanes of at least 4 members (excludes halogenated alkanes) is 1. The summed E-state index contributed by atoms with van der Waals surface area (Å²) < 4.78 is 5.02. The number of hydrogen-bond donors (Lipinski definition) is 1. The van der Waals surface area contributed by atoms with Gasteiger partial charge in [-0.2, -0.15) is 0 Å². The lowest BCUT2D eigenvalue weighted by atomic mass is 10.3. The Morgan fingerprint density at radius 1 is 1.52 bits per heavy atom. The average Bonchev–Trinajstić information content (AvgIpc) is 2.44. The van der Waals surface area contributed by atoms with Crippen LogP contribution in [-0.4, -0.2) is 48.2 Å². The maximum Gasteiger partial charge on any atom is 0.353 e. The number of nitrogens with zero attached hydrogens (tertiary/aromatic N) is 4. The summed E-state index contributed by atoms with van der Waals surface area (Å²) in [5, 5.41) is 14.4. The van der Waals surface area contributed by atoms with Crippen LogP contribution in [0.1, 0.15) is 26.7 Å². The number of rotatable bonds is 9. The summed E-state index contributed by atoms with van der Waals surface area (Å²) in [7, 11) is 3.38. The van der Waals surface area contributed by atoms with Crippen molar-refractivity contribution in [2.45, 2.75) is 32.7 Å². The first-order chi connectivity index (χ1) is 10.0. The van der Waals surface area contributed by atoms with E-state index in [1.165, 1.54) is 6.33 Å². The second-order valence-corrected chi connectivity index (χ2v) is 4.93. The zero-order valence-electron chi connectivity index (χ0n) is 13.0. The van der Waals surface area contributed by atoms with Crippen LogP contribution in [0.5, 0.6) is 0 Å². The standard InChI is InChI=1S/C13H23N5O3/c1-5-6-7-17(3)13-11(18(19)20)12(14-9-15-13)16-10(2)8-21-4/h9-10H,5-8H2,1-4H3,(H,14,15,16). The Morgan fingerprint density at radius 3 is 2.81 bits per heavy atom. The summed E-state index contributed by atoms with van der Waals surface area (Å²) in [4.78, 5) is 20.8. The van der Waals surface area contributed by atoms with Gasteiger partial charge >= 0.3 is 5.69 Å². The normalized spacial score (nSPS) is 12.0. The number of hydrogen-bond acceptors (Lipinski definition) is 7. The van der Waals surface area contributed by atoms with Gasteiger partial charge in [0.15, 0.2) is 0 Å². The lowest BCUT2D eigenvalue weighted by Crippen LogP contribution is -2.25. The average molecular weight is 297 g/mol.